The number of nitrogens with one attached hydrogen (secondary N) is 2. The summed E-state index contributed by atoms with van der Waals surface area (Å²) in [6, 6.07) is 0.360. The summed E-state index contributed by atoms with van der Waals surface area (Å²) in [7, 11) is 0. The fourth-order valence-electron chi connectivity index (χ4n) is 1.64. The number of rotatable bonds is 9. The second-order valence-electron chi connectivity index (χ2n) is 5.93. The highest BCUT2D eigenvalue weighted by Gasteiger charge is 2.18. The van der Waals surface area contributed by atoms with Crippen molar-refractivity contribution < 1.29 is 4.79 Å². The minimum absolute atomic E-state index is 0.0993. The van der Waals surface area contributed by atoms with Crippen LogP contribution in [0.15, 0.2) is 0 Å². The lowest BCUT2D eigenvalue weighted by atomic mass is 9.87. The van der Waals surface area contributed by atoms with E-state index >= 15 is 0 Å². The Bertz CT molecular complexity index is 212. The highest BCUT2D eigenvalue weighted by molar-refractivity contribution is 5.78. The zero-order valence-electron chi connectivity index (χ0n) is 12.2. The highest BCUT2D eigenvalue weighted by Crippen LogP contribution is 2.22. The Balaban J connectivity index is 3.72. The van der Waals surface area contributed by atoms with Crippen molar-refractivity contribution in [1.82, 2.24) is 10.6 Å². The van der Waals surface area contributed by atoms with E-state index in [-0.39, 0.29) is 11.3 Å². The smallest absolute Gasteiger partial charge is 0.233 e. The Morgan fingerprint density at radius 3 is 2.41 bits per heavy atom. The SMILES string of the molecule is CCCCCC(C)(C)CNC(=O)CNC(C)C. The molecule has 0 saturated heterocycles. The van der Waals surface area contributed by atoms with Gasteiger partial charge in [-0.3, -0.25) is 4.79 Å². The second kappa shape index (κ2) is 8.51. The molecule has 0 fully saturated rings. The Hall–Kier alpha value is -0.570. The lowest BCUT2D eigenvalue weighted by molar-refractivity contribution is -0.120. The molecule has 3 nitrogen and oxygen atoms in total. The maximum absolute atomic E-state index is 11.6. The van der Waals surface area contributed by atoms with Gasteiger partial charge in [0.2, 0.25) is 5.91 Å². The number of hydrogen-bond donors (Lipinski definition) is 2. The third kappa shape index (κ3) is 10.3. The Labute approximate surface area is 107 Å². The molecule has 0 unspecified atom stereocenters. The monoisotopic (exact) mass is 242 g/mol. The van der Waals surface area contributed by atoms with Gasteiger partial charge in [0.1, 0.15) is 0 Å². The van der Waals surface area contributed by atoms with E-state index in [4.69, 9.17) is 0 Å². The average Bonchev–Trinajstić information content (AvgIpc) is 2.24. The summed E-state index contributed by atoms with van der Waals surface area (Å²) < 4.78 is 0. The topological polar surface area (TPSA) is 41.1 Å². The van der Waals surface area contributed by atoms with Crippen molar-refractivity contribution in [2.75, 3.05) is 13.1 Å². The van der Waals surface area contributed by atoms with Crippen molar-refractivity contribution in [2.24, 2.45) is 5.41 Å². The summed E-state index contributed by atoms with van der Waals surface area (Å²) >= 11 is 0. The molecule has 0 saturated carbocycles. The first-order valence-corrected chi connectivity index (χ1v) is 6.87. The molecule has 0 heterocycles. The van der Waals surface area contributed by atoms with E-state index in [9.17, 15) is 4.79 Å². The van der Waals surface area contributed by atoms with Crippen LogP contribution in [0.2, 0.25) is 0 Å². The molecule has 0 aromatic rings. The predicted octanol–water partition coefficient (Wildman–Crippen LogP) is 2.71. The van der Waals surface area contributed by atoms with Crippen LogP contribution in [-0.2, 0) is 4.79 Å². The van der Waals surface area contributed by atoms with Crippen LogP contribution in [-0.4, -0.2) is 25.0 Å². The normalized spacial score (nSPS) is 11.9. The Morgan fingerprint density at radius 2 is 1.88 bits per heavy atom. The first-order chi connectivity index (χ1) is 7.87. The Morgan fingerprint density at radius 1 is 1.24 bits per heavy atom. The molecule has 0 rings (SSSR count). The van der Waals surface area contributed by atoms with E-state index in [0.29, 0.717) is 12.6 Å². The zero-order chi connectivity index (χ0) is 13.3. The standard InChI is InChI=1S/C14H30N2O/c1-6-7-8-9-14(4,5)11-16-13(17)10-15-12(2)3/h12,15H,6-11H2,1-5H3,(H,16,17). The van der Waals surface area contributed by atoms with Gasteiger partial charge < -0.3 is 10.6 Å². The van der Waals surface area contributed by atoms with Gasteiger partial charge in [-0.1, -0.05) is 53.9 Å². The molecule has 0 bridgehead atoms. The van der Waals surface area contributed by atoms with Crippen LogP contribution in [0.4, 0.5) is 0 Å². The van der Waals surface area contributed by atoms with Crippen LogP contribution in [0.25, 0.3) is 0 Å². The summed E-state index contributed by atoms with van der Waals surface area (Å²) in [5.74, 6) is 0.0993. The second-order valence-corrected chi connectivity index (χ2v) is 5.93. The van der Waals surface area contributed by atoms with Crippen molar-refractivity contribution in [2.45, 2.75) is 66.3 Å². The summed E-state index contributed by atoms with van der Waals surface area (Å²) in [5, 5.41) is 6.13. The quantitative estimate of drug-likeness (QED) is 0.610. The minimum Gasteiger partial charge on any atom is -0.354 e. The fourth-order valence-corrected chi connectivity index (χ4v) is 1.64. The van der Waals surface area contributed by atoms with E-state index in [1.54, 1.807) is 0 Å². The zero-order valence-corrected chi connectivity index (χ0v) is 12.2. The molecule has 0 aliphatic heterocycles. The molecule has 102 valence electrons. The van der Waals surface area contributed by atoms with Gasteiger partial charge in [0, 0.05) is 12.6 Å². The molecule has 3 heteroatoms. The summed E-state index contributed by atoms with van der Waals surface area (Å²) in [6.07, 6.45) is 4.97. The molecule has 0 aromatic heterocycles. The van der Waals surface area contributed by atoms with Gasteiger partial charge in [-0.2, -0.15) is 0 Å². The molecule has 0 aliphatic carbocycles. The van der Waals surface area contributed by atoms with Gasteiger partial charge in [0.05, 0.1) is 6.54 Å². The third-order valence-corrected chi connectivity index (χ3v) is 2.89. The van der Waals surface area contributed by atoms with E-state index < -0.39 is 0 Å². The van der Waals surface area contributed by atoms with Crippen molar-refractivity contribution in [3.8, 4) is 0 Å². The van der Waals surface area contributed by atoms with Crippen LogP contribution in [0.3, 0.4) is 0 Å². The fraction of sp³-hybridized carbons (Fsp3) is 0.929. The van der Waals surface area contributed by atoms with Crippen LogP contribution < -0.4 is 10.6 Å². The predicted molar refractivity (Wildman–Crippen MR) is 74.1 cm³/mol. The van der Waals surface area contributed by atoms with Crippen LogP contribution >= 0.6 is 0 Å². The molecule has 0 aromatic carbocycles. The van der Waals surface area contributed by atoms with Crippen molar-refractivity contribution in [3.05, 3.63) is 0 Å². The van der Waals surface area contributed by atoms with Crippen molar-refractivity contribution in [1.29, 1.82) is 0 Å². The van der Waals surface area contributed by atoms with Gasteiger partial charge >= 0.3 is 0 Å². The van der Waals surface area contributed by atoms with Gasteiger partial charge in [-0.05, 0) is 11.8 Å². The molecule has 0 atom stereocenters. The lowest BCUT2D eigenvalue weighted by Gasteiger charge is -2.25. The number of unbranched alkanes of at least 4 members (excludes halogenated alkanes) is 2. The molecule has 0 radical (unpaired) electrons. The summed E-state index contributed by atoms with van der Waals surface area (Å²) in [6.45, 7) is 11.9. The molecule has 1 amide bonds. The van der Waals surface area contributed by atoms with Crippen molar-refractivity contribution in [3.63, 3.8) is 0 Å². The van der Waals surface area contributed by atoms with Gasteiger partial charge in [-0.15, -0.1) is 0 Å². The third-order valence-electron chi connectivity index (χ3n) is 2.89. The van der Waals surface area contributed by atoms with E-state index in [1.165, 1.54) is 25.7 Å². The van der Waals surface area contributed by atoms with Crippen LogP contribution in [0.5, 0.6) is 0 Å². The summed E-state index contributed by atoms with van der Waals surface area (Å²) in [5.41, 5.74) is 0.211. The van der Waals surface area contributed by atoms with Crippen LogP contribution in [0, 0.1) is 5.41 Å². The number of carbonyl (C=O) groups excluding carboxylic acids is 1. The first kappa shape index (κ1) is 16.4. The minimum atomic E-state index is 0.0993. The largest absolute Gasteiger partial charge is 0.354 e. The van der Waals surface area contributed by atoms with E-state index in [1.807, 2.05) is 13.8 Å². The lowest BCUT2D eigenvalue weighted by Crippen LogP contribution is -2.40. The summed E-state index contributed by atoms with van der Waals surface area (Å²) in [4.78, 5) is 11.6. The van der Waals surface area contributed by atoms with E-state index in [2.05, 4.69) is 31.4 Å². The van der Waals surface area contributed by atoms with Crippen LogP contribution in [0.1, 0.15) is 60.3 Å². The Kier molecular flexibility index (Phi) is 8.23. The molecule has 17 heavy (non-hydrogen) atoms. The number of amides is 1. The van der Waals surface area contributed by atoms with E-state index in [0.717, 1.165) is 6.54 Å². The maximum Gasteiger partial charge on any atom is 0.233 e. The van der Waals surface area contributed by atoms with Crippen molar-refractivity contribution >= 4 is 5.91 Å². The number of carbonyl (C=O) groups is 1. The highest BCUT2D eigenvalue weighted by atomic mass is 16.1. The molecule has 0 aliphatic rings. The first-order valence-electron chi connectivity index (χ1n) is 6.87. The average molecular weight is 242 g/mol. The van der Waals surface area contributed by atoms with Gasteiger partial charge in [0.25, 0.3) is 0 Å². The maximum atomic E-state index is 11.6. The molecule has 0 spiro atoms. The number of hydrogen-bond acceptors (Lipinski definition) is 2. The molecule has 2 N–H and O–H groups in total. The van der Waals surface area contributed by atoms with Gasteiger partial charge in [-0.25, -0.2) is 0 Å². The molecular formula is C14H30N2O. The molecular weight excluding hydrogens is 212 g/mol. The van der Waals surface area contributed by atoms with Gasteiger partial charge in [0.15, 0.2) is 0 Å².